The molecule has 7 heteroatoms. The topological polar surface area (TPSA) is 70.6 Å². The second-order valence-electron chi connectivity index (χ2n) is 5.09. The lowest BCUT2D eigenvalue weighted by atomic mass is 10.1. The van der Waals surface area contributed by atoms with Gasteiger partial charge in [0.25, 0.3) is 0 Å². The highest BCUT2D eigenvalue weighted by atomic mass is 16.5. The Morgan fingerprint density at radius 1 is 1.50 bits per heavy atom. The number of anilines is 1. The molecule has 20 heavy (non-hydrogen) atoms. The fourth-order valence-electron chi connectivity index (χ4n) is 2.86. The maximum atomic E-state index is 11.6. The Kier molecular flexibility index (Phi) is 3.79. The van der Waals surface area contributed by atoms with Gasteiger partial charge in [-0.15, -0.1) is 0 Å². The number of nitrogens with zero attached hydrogens (tertiary/aromatic N) is 4. The largest absolute Gasteiger partial charge is 0.373 e. The van der Waals surface area contributed by atoms with Crippen LogP contribution in [0, 0.1) is 0 Å². The molecule has 0 radical (unpaired) electrons. The zero-order chi connectivity index (χ0) is 13.9. The van der Waals surface area contributed by atoms with E-state index in [1.807, 2.05) is 0 Å². The van der Waals surface area contributed by atoms with Gasteiger partial charge in [-0.05, 0) is 0 Å². The summed E-state index contributed by atoms with van der Waals surface area (Å²) in [7, 11) is 1.67. The van der Waals surface area contributed by atoms with Crippen LogP contribution in [0.4, 0.5) is 5.82 Å². The maximum Gasteiger partial charge on any atom is 0.233 e. The minimum atomic E-state index is 0.0450. The predicted octanol–water partition coefficient (Wildman–Crippen LogP) is -0.888. The van der Waals surface area contributed by atoms with Crippen LogP contribution in [0.5, 0.6) is 0 Å². The predicted molar refractivity (Wildman–Crippen MR) is 73.4 cm³/mol. The van der Waals surface area contributed by atoms with Gasteiger partial charge in [-0.25, -0.2) is 4.98 Å². The van der Waals surface area contributed by atoms with Gasteiger partial charge in [-0.2, -0.15) is 0 Å². The van der Waals surface area contributed by atoms with E-state index in [9.17, 15) is 4.79 Å². The van der Waals surface area contributed by atoms with Crippen molar-refractivity contribution in [3.8, 4) is 0 Å². The molecule has 0 aliphatic carbocycles. The molecular weight excluding hydrogens is 258 g/mol. The molecule has 0 aromatic carbocycles. The van der Waals surface area contributed by atoms with Crippen LogP contribution in [0.2, 0.25) is 0 Å². The summed E-state index contributed by atoms with van der Waals surface area (Å²) in [5, 5.41) is 2.68. The van der Waals surface area contributed by atoms with Gasteiger partial charge in [0.1, 0.15) is 5.82 Å². The lowest BCUT2D eigenvalue weighted by molar-refractivity contribution is -0.125. The minimum Gasteiger partial charge on any atom is -0.373 e. The Bertz CT molecular complexity index is 469. The average Bonchev–Trinajstić information content (AvgIpc) is 2.93. The fraction of sp³-hybridized carbons (Fsp3) is 0.615. The second-order valence-corrected chi connectivity index (χ2v) is 5.09. The summed E-state index contributed by atoms with van der Waals surface area (Å²) in [6.07, 6.45) is 5.26. The normalized spacial score (nSPS) is 26.4. The van der Waals surface area contributed by atoms with E-state index in [0.717, 1.165) is 25.5 Å². The molecule has 1 aromatic rings. The van der Waals surface area contributed by atoms with E-state index in [-0.39, 0.29) is 18.1 Å². The van der Waals surface area contributed by atoms with E-state index in [0.29, 0.717) is 13.2 Å². The Labute approximate surface area is 117 Å². The lowest BCUT2D eigenvalue weighted by Crippen LogP contribution is -2.53. The van der Waals surface area contributed by atoms with E-state index in [4.69, 9.17) is 4.74 Å². The summed E-state index contributed by atoms with van der Waals surface area (Å²) in [5.74, 6) is 0.911. The number of nitrogens with one attached hydrogen (secondary N) is 1. The van der Waals surface area contributed by atoms with Gasteiger partial charge in [-0.3, -0.25) is 14.7 Å². The van der Waals surface area contributed by atoms with Crippen molar-refractivity contribution in [2.75, 3.05) is 44.7 Å². The molecule has 1 aromatic heterocycles. The third-order valence-corrected chi connectivity index (χ3v) is 3.92. The van der Waals surface area contributed by atoms with Gasteiger partial charge in [0, 0.05) is 39.1 Å². The van der Waals surface area contributed by atoms with Crippen molar-refractivity contribution in [1.82, 2.24) is 20.2 Å². The van der Waals surface area contributed by atoms with Gasteiger partial charge in [-0.1, -0.05) is 0 Å². The molecule has 2 saturated heterocycles. The van der Waals surface area contributed by atoms with E-state index in [1.165, 1.54) is 0 Å². The third-order valence-electron chi connectivity index (χ3n) is 3.92. The molecule has 0 saturated carbocycles. The number of morpholine rings is 1. The van der Waals surface area contributed by atoms with Gasteiger partial charge >= 0.3 is 0 Å². The van der Waals surface area contributed by atoms with Crippen molar-refractivity contribution in [2.45, 2.75) is 12.1 Å². The summed E-state index contributed by atoms with van der Waals surface area (Å²) in [5.41, 5.74) is 0. The van der Waals surface area contributed by atoms with Crippen molar-refractivity contribution in [3.05, 3.63) is 18.6 Å². The first kappa shape index (κ1) is 13.3. The van der Waals surface area contributed by atoms with Crippen LogP contribution in [0.15, 0.2) is 18.6 Å². The SMILES string of the molecule is CNC(=O)CN1CCO[C@@H]2CN(c3cnccn3)C[C@@H]21. The number of ether oxygens (including phenoxy) is 1. The Morgan fingerprint density at radius 2 is 2.40 bits per heavy atom. The van der Waals surface area contributed by atoms with Crippen molar-refractivity contribution in [2.24, 2.45) is 0 Å². The maximum absolute atomic E-state index is 11.6. The highest BCUT2D eigenvalue weighted by Crippen LogP contribution is 2.25. The van der Waals surface area contributed by atoms with Crippen LogP contribution in [-0.4, -0.2) is 72.8 Å². The van der Waals surface area contributed by atoms with Crippen LogP contribution in [0.25, 0.3) is 0 Å². The van der Waals surface area contributed by atoms with Crippen molar-refractivity contribution in [3.63, 3.8) is 0 Å². The summed E-state index contributed by atoms with van der Waals surface area (Å²) in [4.78, 5) is 24.4. The van der Waals surface area contributed by atoms with Crippen molar-refractivity contribution >= 4 is 11.7 Å². The van der Waals surface area contributed by atoms with Gasteiger partial charge in [0.05, 0.1) is 31.5 Å². The number of aromatic nitrogens is 2. The minimum absolute atomic E-state index is 0.0450. The Balaban J connectivity index is 1.70. The van der Waals surface area contributed by atoms with Crippen LogP contribution in [-0.2, 0) is 9.53 Å². The Hall–Kier alpha value is -1.73. The number of fused-ring (bicyclic) bond motifs is 1. The van der Waals surface area contributed by atoms with Crippen LogP contribution in [0.3, 0.4) is 0 Å². The number of hydrogen-bond acceptors (Lipinski definition) is 6. The molecule has 2 aliphatic heterocycles. The van der Waals surface area contributed by atoms with E-state index >= 15 is 0 Å². The first-order valence-electron chi connectivity index (χ1n) is 6.85. The number of likely N-dealkylation sites (N-methyl/N-ethyl adjacent to an activating group) is 1. The number of hydrogen-bond donors (Lipinski definition) is 1. The molecule has 2 fully saturated rings. The summed E-state index contributed by atoms with van der Waals surface area (Å²) in [6.45, 7) is 3.51. The monoisotopic (exact) mass is 277 g/mol. The molecule has 3 rings (SSSR count). The zero-order valence-corrected chi connectivity index (χ0v) is 11.5. The average molecular weight is 277 g/mol. The highest BCUT2D eigenvalue weighted by Gasteiger charge is 2.41. The van der Waals surface area contributed by atoms with Gasteiger partial charge in [0.15, 0.2) is 0 Å². The molecule has 2 aliphatic rings. The molecule has 1 N–H and O–H groups in total. The van der Waals surface area contributed by atoms with Crippen LogP contribution < -0.4 is 10.2 Å². The van der Waals surface area contributed by atoms with Crippen molar-refractivity contribution in [1.29, 1.82) is 0 Å². The molecule has 7 nitrogen and oxygen atoms in total. The molecule has 108 valence electrons. The van der Waals surface area contributed by atoms with Crippen molar-refractivity contribution < 1.29 is 9.53 Å². The molecular formula is C13H19N5O2. The van der Waals surface area contributed by atoms with E-state index in [1.54, 1.807) is 25.6 Å². The number of amides is 1. The van der Waals surface area contributed by atoms with Gasteiger partial charge < -0.3 is 15.0 Å². The fourth-order valence-corrected chi connectivity index (χ4v) is 2.86. The molecule has 0 bridgehead atoms. The molecule has 2 atom stereocenters. The Morgan fingerprint density at radius 3 is 3.15 bits per heavy atom. The summed E-state index contributed by atoms with van der Waals surface area (Å²) < 4.78 is 5.84. The highest BCUT2D eigenvalue weighted by molar-refractivity contribution is 5.77. The van der Waals surface area contributed by atoms with E-state index in [2.05, 4.69) is 25.1 Å². The quantitative estimate of drug-likeness (QED) is 0.773. The summed E-state index contributed by atoms with van der Waals surface area (Å²) in [6, 6.07) is 0.239. The standard InChI is InChI=1S/C13H19N5O2/c1-14-13(19)9-17-4-5-20-11-8-18(7-10(11)17)12-6-15-2-3-16-12/h2-3,6,10-11H,4-5,7-9H2,1H3,(H,14,19)/t10-,11+/m0/s1. The van der Waals surface area contributed by atoms with Crippen LogP contribution in [0.1, 0.15) is 0 Å². The number of rotatable bonds is 3. The number of carbonyl (C=O) groups is 1. The third kappa shape index (κ3) is 2.59. The smallest absolute Gasteiger partial charge is 0.233 e. The van der Waals surface area contributed by atoms with E-state index < -0.39 is 0 Å². The van der Waals surface area contributed by atoms with Gasteiger partial charge in [0.2, 0.25) is 5.91 Å². The number of carbonyl (C=O) groups excluding carboxylic acids is 1. The first-order valence-corrected chi connectivity index (χ1v) is 6.85. The first-order chi connectivity index (χ1) is 9.78. The zero-order valence-electron chi connectivity index (χ0n) is 11.5. The molecule has 0 unspecified atom stereocenters. The molecule has 0 spiro atoms. The second kappa shape index (κ2) is 5.72. The lowest BCUT2D eigenvalue weighted by Gasteiger charge is -2.35. The van der Waals surface area contributed by atoms with Crippen LogP contribution >= 0.6 is 0 Å². The summed E-state index contributed by atoms with van der Waals surface area (Å²) >= 11 is 0. The molecule has 3 heterocycles. The molecule has 1 amide bonds.